The Morgan fingerprint density at radius 1 is 1.55 bits per heavy atom. The van der Waals surface area contributed by atoms with Crippen LogP contribution >= 0.6 is 0 Å². The summed E-state index contributed by atoms with van der Waals surface area (Å²) in [6.07, 6.45) is 0. The second-order valence-corrected chi connectivity index (χ2v) is 2.86. The van der Waals surface area contributed by atoms with Crippen LogP contribution < -0.4 is 11.1 Å². The van der Waals surface area contributed by atoms with Crippen LogP contribution in [0, 0.1) is 0 Å². The van der Waals surface area contributed by atoms with Crippen molar-refractivity contribution in [2.24, 2.45) is 5.73 Å². The van der Waals surface area contributed by atoms with Crippen LogP contribution in [-0.4, -0.2) is 43.0 Å². The number of amides is 1. The first kappa shape index (κ1) is 8.49. The van der Waals surface area contributed by atoms with Gasteiger partial charge in [0.2, 0.25) is 5.91 Å². The van der Waals surface area contributed by atoms with E-state index in [0.29, 0.717) is 0 Å². The summed E-state index contributed by atoms with van der Waals surface area (Å²) in [6.45, 7) is 5.61. The molecular weight excluding hydrogens is 142 g/mol. The predicted octanol–water partition coefficient (Wildman–Crippen LogP) is -1.23. The topological polar surface area (TPSA) is 58.4 Å². The van der Waals surface area contributed by atoms with E-state index < -0.39 is 0 Å². The minimum absolute atomic E-state index is 0.114. The summed E-state index contributed by atoms with van der Waals surface area (Å²) in [7, 11) is 0. The third-order valence-electron chi connectivity index (χ3n) is 2.11. The van der Waals surface area contributed by atoms with Crippen LogP contribution in [0.15, 0.2) is 0 Å². The zero-order valence-corrected chi connectivity index (χ0v) is 6.84. The third-order valence-corrected chi connectivity index (χ3v) is 2.11. The summed E-state index contributed by atoms with van der Waals surface area (Å²) in [5.41, 5.74) is 5.17. The fourth-order valence-corrected chi connectivity index (χ4v) is 1.25. The second-order valence-electron chi connectivity index (χ2n) is 2.86. The second kappa shape index (κ2) is 3.69. The Kier molecular flexibility index (Phi) is 2.84. The summed E-state index contributed by atoms with van der Waals surface area (Å²) in [5.74, 6) is -0.230. The van der Waals surface area contributed by atoms with Gasteiger partial charge in [-0.3, -0.25) is 9.69 Å². The van der Waals surface area contributed by atoms with Crippen molar-refractivity contribution in [3.8, 4) is 0 Å². The molecular formula is C7H15N3O. The predicted molar refractivity (Wildman–Crippen MR) is 43.1 cm³/mol. The van der Waals surface area contributed by atoms with Crippen LogP contribution in [0.1, 0.15) is 6.92 Å². The Balaban J connectivity index is 2.38. The van der Waals surface area contributed by atoms with Crippen LogP contribution in [0.3, 0.4) is 0 Å². The van der Waals surface area contributed by atoms with Crippen LogP contribution in [0.5, 0.6) is 0 Å². The van der Waals surface area contributed by atoms with Crippen LogP contribution in [0.2, 0.25) is 0 Å². The van der Waals surface area contributed by atoms with Crippen molar-refractivity contribution in [1.82, 2.24) is 10.2 Å². The Morgan fingerprint density at radius 2 is 2.09 bits per heavy atom. The minimum atomic E-state index is -0.230. The number of rotatable bonds is 2. The van der Waals surface area contributed by atoms with E-state index in [4.69, 9.17) is 5.73 Å². The van der Waals surface area contributed by atoms with Gasteiger partial charge >= 0.3 is 0 Å². The number of nitrogens with one attached hydrogen (secondary N) is 1. The Bertz CT molecular complexity index is 143. The van der Waals surface area contributed by atoms with Crippen molar-refractivity contribution in [2.45, 2.75) is 13.0 Å². The Hall–Kier alpha value is -0.610. The molecule has 1 saturated heterocycles. The summed E-state index contributed by atoms with van der Waals surface area (Å²) >= 11 is 0. The molecule has 0 unspecified atom stereocenters. The van der Waals surface area contributed by atoms with Crippen molar-refractivity contribution >= 4 is 5.91 Å². The summed E-state index contributed by atoms with van der Waals surface area (Å²) < 4.78 is 0. The first-order chi connectivity index (χ1) is 5.22. The average Bonchev–Trinajstić information content (AvgIpc) is 2.05. The molecule has 1 aliphatic heterocycles. The van der Waals surface area contributed by atoms with Crippen LogP contribution in [-0.2, 0) is 4.79 Å². The molecule has 3 N–H and O–H groups in total. The van der Waals surface area contributed by atoms with E-state index in [1.807, 2.05) is 6.92 Å². The zero-order valence-electron chi connectivity index (χ0n) is 6.84. The molecule has 0 aliphatic carbocycles. The molecule has 11 heavy (non-hydrogen) atoms. The molecule has 0 aromatic carbocycles. The van der Waals surface area contributed by atoms with E-state index in [0.717, 1.165) is 26.2 Å². The molecule has 0 saturated carbocycles. The van der Waals surface area contributed by atoms with Gasteiger partial charge in [0.15, 0.2) is 0 Å². The maximum atomic E-state index is 10.8. The van der Waals surface area contributed by atoms with Crippen LogP contribution in [0.25, 0.3) is 0 Å². The molecule has 0 bridgehead atoms. The van der Waals surface area contributed by atoms with Gasteiger partial charge < -0.3 is 11.1 Å². The highest BCUT2D eigenvalue weighted by Gasteiger charge is 2.19. The summed E-state index contributed by atoms with van der Waals surface area (Å²) in [4.78, 5) is 12.9. The SMILES string of the molecule is C[C@@H](C(N)=O)N1CCNCC1. The number of hydrogen-bond donors (Lipinski definition) is 2. The number of hydrogen-bond acceptors (Lipinski definition) is 3. The molecule has 0 spiro atoms. The van der Waals surface area contributed by atoms with Crippen molar-refractivity contribution < 1.29 is 4.79 Å². The maximum absolute atomic E-state index is 10.8. The van der Waals surface area contributed by atoms with Crippen LogP contribution in [0.4, 0.5) is 0 Å². The van der Waals surface area contributed by atoms with Gasteiger partial charge in [-0.2, -0.15) is 0 Å². The average molecular weight is 157 g/mol. The summed E-state index contributed by atoms with van der Waals surface area (Å²) in [5, 5.41) is 3.21. The standard InChI is InChI=1S/C7H15N3O/c1-6(7(8)11)10-4-2-9-3-5-10/h6,9H,2-5H2,1H3,(H2,8,11)/t6-/m0/s1. The number of carbonyl (C=O) groups excluding carboxylic acids is 1. The molecule has 0 aromatic rings. The quantitative estimate of drug-likeness (QED) is 0.527. The van der Waals surface area contributed by atoms with E-state index >= 15 is 0 Å². The Labute approximate surface area is 66.7 Å². The normalized spacial score (nSPS) is 23.0. The van der Waals surface area contributed by atoms with Gasteiger partial charge in [0.05, 0.1) is 6.04 Å². The number of primary amides is 1. The van der Waals surface area contributed by atoms with Crippen molar-refractivity contribution in [2.75, 3.05) is 26.2 Å². The number of nitrogens with zero attached hydrogens (tertiary/aromatic N) is 1. The molecule has 1 amide bonds. The number of carbonyl (C=O) groups is 1. The van der Waals surface area contributed by atoms with E-state index in [2.05, 4.69) is 10.2 Å². The summed E-state index contributed by atoms with van der Waals surface area (Å²) in [6, 6.07) is -0.114. The van der Waals surface area contributed by atoms with Crippen molar-refractivity contribution in [3.63, 3.8) is 0 Å². The van der Waals surface area contributed by atoms with E-state index in [1.165, 1.54) is 0 Å². The van der Waals surface area contributed by atoms with E-state index in [1.54, 1.807) is 0 Å². The fraction of sp³-hybridized carbons (Fsp3) is 0.857. The molecule has 0 aromatic heterocycles. The van der Waals surface area contributed by atoms with Gasteiger partial charge in [0, 0.05) is 26.2 Å². The van der Waals surface area contributed by atoms with Gasteiger partial charge in [0.25, 0.3) is 0 Å². The molecule has 4 heteroatoms. The first-order valence-electron chi connectivity index (χ1n) is 3.96. The number of piperazine rings is 1. The molecule has 4 nitrogen and oxygen atoms in total. The van der Waals surface area contributed by atoms with Gasteiger partial charge in [0.1, 0.15) is 0 Å². The monoisotopic (exact) mass is 157 g/mol. The smallest absolute Gasteiger partial charge is 0.234 e. The lowest BCUT2D eigenvalue weighted by molar-refractivity contribution is -0.122. The molecule has 1 aliphatic rings. The largest absolute Gasteiger partial charge is 0.368 e. The minimum Gasteiger partial charge on any atom is -0.368 e. The highest BCUT2D eigenvalue weighted by molar-refractivity contribution is 5.79. The van der Waals surface area contributed by atoms with Crippen molar-refractivity contribution in [3.05, 3.63) is 0 Å². The lowest BCUT2D eigenvalue weighted by Gasteiger charge is -2.30. The van der Waals surface area contributed by atoms with Gasteiger partial charge in [-0.1, -0.05) is 0 Å². The molecule has 64 valence electrons. The Morgan fingerprint density at radius 3 is 2.55 bits per heavy atom. The molecule has 1 atom stereocenters. The highest BCUT2D eigenvalue weighted by atomic mass is 16.1. The third kappa shape index (κ3) is 2.17. The zero-order chi connectivity index (χ0) is 8.27. The molecule has 1 fully saturated rings. The molecule has 0 radical (unpaired) electrons. The van der Waals surface area contributed by atoms with Gasteiger partial charge in [-0.25, -0.2) is 0 Å². The fourth-order valence-electron chi connectivity index (χ4n) is 1.25. The van der Waals surface area contributed by atoms with E-state index in [-0.39, 0.29) is 11.9 Å². The lowest BCUT2D eigenvalue weighted by Crippen LogP contribution is -2.51. The molecule has 1 rings (SSSR count). The first-order valence-corrected chi connectivity index (χ1v) is 3.96. The number of nitrogens with two attached hydrogens (primary N) is 1. The van der Waals surface area contributed by atoms with Gasteiger partial charge in [-0.05, 0) is 6.92 Å². The van der Waals surface area contributed by atoms with Crippen molar-refractivity contribution in [1.29, 1.82) is 0 Å². The maximum Gasteiger partial charge on any atom is 0.234 e. The molecule has 1 heterocycles. The van der Waals surface area contributed by atoms with E-state index in [9.17, 15) is 4.79 Å². The van der Waals surface area contributed by atoms with Gasteiger partial charge in [-0.15, -0.1) is 0 Å². The lowest BCUT2D eigenvalue weighted by atomic mass is 10.2. The highest BCUT2D eigenvalue weighted by Crippen LogP contribution is 1.99.